The lowest BCUT2D eigenvalue weighted by Crippen LogP contribution is -2.37. The van der Waals surface area contributed by atoms with E-state index in [0.717, 1.165) is 31.7 Å². The van der Waals surface area contributed by atoms with Crippen LogP contribution in [-0.4, -0.2) is 51.1 Å². The average molecular weight is 473 g/mol. The lowest BCUT2D eigenvalue weighted by molar-refractivity contribution is -0.192. The lowest BCUT2D eigenvalue weighted by atomic mass is 10.1. The third kappa shape index (κ3) is 6.95. The average Bonchev–Trinajstić information content (AvgIpc) is 3.27. The van der Waals surface area contributed by atoms with Crippen LogP contribution in [0, 0.1) is 0 Å². The van der Waals surface area contributed by atoms with Crippen molar-refractivity contribution in [3.05, 3.63) is 95.3 Å². The summed E-state index contributed by atoms with van der Waals surface area (Å²) in [5.41, 5.74) is 4.44. The molecule has 1 amide bonds. The minimum atomic E-state index is -5.08. The summed E-state index contributed by atoms with van der Waals surface area (Å²) in [4.78, 5) is 26.1. The summed E-state index contributed by atoms with van der Waals surface area (Å²) in [6.07, 6.45) is -3.00. The Kier molecular flexibility index (Phi) is 8.12. The van der Waals surface area contributed by atoms with Crippen LogP contribution < -0.4 is 0 Å². The molecule has 1 aromatic heterocycles. The van der Waals surface area contributed by atoms with Gasteiger partial charge in [-0.3, -0.25) is 9.69 Å². The maximum atomic E-state index is 13.0. The molecule has 1 aliphatic rings. The molecule has 0 fully saturated rings. The lowest BCUT2D eigenvalue weighted by Gasteiger charge is -2.29. The number of aromatic nitrogens is 1. The summed E-state index contributed by atoms with van der Waals surface area (Å²) in [5, 5.41) is 7.12. The Hall–Kier alpha value is -3.59. The van der Waals surface area contributed by atoms with Crippen molar-refractivity contribution in [3.8, 4) is 0 Å². The molecule has 0 atom stereocenters. The van der Waals surface area contributed by atoms with Crippen molar-refractivity contribution in [2.45, 2.75) is 32.4 Å². The predicted molar refractivity (Wildman–Crippen MR) is 121 cm³/mol. The molecule has 6 nitrogen and oxygen atoms in total. The number of carbonyl (C=O) groups is 2. The zero-order valence-corrected chi connectivity index (χ0v) is 18.7. The van der Waals surface area contributed by atoms with Gasteiger partial charge in [0.1, 0.15) is 0 Å². The van der Waals surface area contributed by atoms with Crippen LogP contribution in [0.1, 0.15) is 27.2 Å². The van der Waals surface area contributed by atoms with E-state index in [9.17, 15) is 18.0 Å². The van der Waals surface area contributed by atoms with Crippen LogP contribution in [0.3, 0.4) is 0 Å². The molecule has 2 aromatic carbocycles. The Morgan fingerprint density at radius 1 is 0.941 bits per heavy atom. The largest absolute Gasteiger partial charge is 0.490 e. The smallest absolute Gasteiger partial charge is 0.475 e. The van der Waals surface area contributed by atoms with Crippen LogP contribution >= 0.6 is 0 Å². The fourth-order valence-corrected chi connectivity index (χ4v) is 3.74. The number of aliphatic carboxylic acids is 1. The molecule has 180 valence electrons. The topological polar surface area (TPSA) is 65.8 Å². The molecule has 2 heterocycles. The first-order valence-electron chi connectivity index (χ1n) is 10.7. The molecule has 34 heavy (non-hydrogen) atoms. The highest BCUT2D eigenvalue weighted by Gasteiger charge is 2.38. The maximum absolute atomic E-state index is 13.0. The van der Waals surface area contributed by atoms with Gasteiger partial charge in [0.25, 0.3) is 5.91 Å². The van der Waals surface area contributed by atoms with Crippen LogP contribution in [-0.2, 0) is 31.0 Å². The van der Waals surface area contributed by atoms with Gasteiger partial charge in [0.2, 0.25) is 0 Å². The van der Waals surface area contributed by atoms with Crippen LogP contribution in [0.15, 0.2) is 72.9 Å². The fraction of sp³-hybridized carbons (Fsp3) is 0.280. The molecule has 0 bridgehead atoms. The standard InChI is InChI=1S/C23H25N3O.C2HF3O2/c1-24(16-19-7-3-2-4-8-19)17-20-9-5-10-21(15-20)23(27)26-14-13-25-12-6-11-22(25)18-26;3-2(4,5)1(6)7/h2-12,15H,13-14,16-18H2,1H3;(H,6,7). The number of carbonyl (C=O) groups excluding carboxylic acids is 1. The Labute approximate surface area is 195 Å². The van der Waals surface area contributed by atoms with Crippen LogP contribution in [0.4, 0.5) is 13.2 Å². The predicted octanol–water partition coefficient (Wildman–Crippen LogP) is 4.41. The number of hydrogen-bond acceptors (Lipinski definition) is 3. The molecule has 0 aliphatic carbocycles. The number of benzene rings is 2. The third-order valence-corrected chi connectivity index (χ3v) is 5.34. The Balaban J connectivity index is 0.000000406. The molecule has 0 saturated heterocycles. The summed E-state index contributed by atoms with van der Waals surface area (Å²) in [7, 11) is 2.11. The Bertz CT molecular complexity index is 1110. The van der Waals surface area contributed by atoms with Crippen molar-refractivity contribution in [1.82, 2.24) is 14.4 Å². The van der Waals surface area contributed by atoms with E-state index >= 15 is 0 Å². The number of carboxylic acid groups (broad SMARTS) is 1. The minimum Gasteiger partial charge on any atom is -0.475 e. The molecular formula is C25H26F3N3O3. The molecule has 1 aliphatic heterocycles. The van der Waals surface area contributed by atoms with E-state index in [1.807, 2.05) is 35.2 Å². The SMILES string of the molecule is CN(Cc1ccccc1)Cc1cccc(C(=O)N2CCn3cccc3C2)c1.O=C(O)C(F)(F)F. The van der Waals surface area contributed by atoms with Gasteiger partial charge in [-0.05, 0) is 42.4 Å². The zero-order chi connectivity index (χ0) is 24.7. The van der Waals surface area contributed by atoms with Gasteiger partial charge >= 0.3 is 12.1 Å². The van der Waals surface area contributed by atoms with Gasteiger partial charge in [-0.2, -0.15) is 13.2 Å². The number of rotatable bonds is 5. The first-order chi connectivity index (χ1) is 16.1. The summed E-state index contributed by atoms with van der Waals surface area (Å²) in [5.74, 6) is -2.64. The first-order valence-corrected chi connectivity index (χ1v) is 10.7. The van der Waals surface area contributed by atoms with Crippen molar-refractivity contribution in [2.24, 2.45) is 0 Å². The van der Waals surface area contributed by atoms with Crippen molar-refractivity contribution < 1.29 is 27.9 Å². The molecule has 0 unspecified atom stereocenters. The van der Waals surface area contributed by atoms with Gasteiger partial charge in [0.05, 0.1) is 6.54 Å². The quantitative estimate of drug-likeness (QED) is 0.596. The maximum Gasteiger partial charge on any atom is 0.490 e. The van der Waals surface area contributed by atoms with E-state index in [2.05, 4.69) is 59.1 Å². The second kappa shape index (κ2) is 11.0. The monoisotopic (exact) mass is 473 g/mol. The van der Waals surface area contributed by atoms with Gasteiger partial charge in [0, 0.05) is 43.6 Å². The highest BCUT2D eigenvalue weighted by Crippen LogP contribution is 2.17. The fourth-order valence-electron chi connectivity index (χ4n) is 3.74. The second-order valence-corrected chi connectivity index (χ2v) is 8.08. The van der Waals surface area contributed by atoms with E-state index in [1.54, 1.807) is 0 Å². The summed E-state index contributed by atoms with van der Waals surface area (Å²) >= 11 is 0. The Morgan fingerprint density at radius 2 is 1.59 bits per heavy atom. The van der Waals surface area contributed by atoms with E-state index in [1.165, 1.54) is 16.8 Å². The number of nitrogens with zero attached hydrogens (tertiary/aromatic N) is 3. The van der Waals surface area contributed by atoms with Gasteiger partial charge in [-0.15, -0.1) is 0 Å². The van der Waals surface area contributed by atoms with Crippen LogP contribution in [0.25, 0.3) is 0 Å². The zero-order valence-electron chi connectivity index (χ0n) is 18.7. The molecule has 4 rings (SSSR count). The van der Waals surface area contributed by atoms with Crippen LogP contribution in [0.5, 0.6) is 0 Å². The van der Waals surface area contributed by atoms with Gasteiger partial charge in [-0.1, -0.05) is 42.5 Å². The van der Waals surface area contributed by atoms with E-state index in [4.69, 9.17) is 9.90 Å². The number of halogens is 3. The summed E-state index contributed by atoms with van der Waals surface area (Å²) in [6, 6.07) is 22.6. The number of amides is 1. The van der Waals surface area contributed by atoms with Crippen molar-refractivity contribution in [3.63, 3.8) is 0 Å². The molecule has 3 aromatic rings. The number of alkyl halides is 3. The third-order valence-electron chi connectivity index (χ3n) is 5.34. The van der Waals surface area contributed by atoms with Gasteiger partial charge in [-0.25, -0.2) is 4.79 Å². The minimum absolute atomic E-state index is 0.120. The Morgan fingerprint density at radius 3 is 2.26 bits per heavy atom. The highest BCUT2D eigenvalue weighted by molar-refractivity contribution is 5.94. The molecule has 0 spiro atoms. The number of carboxylic acids is 1. The highest BCUT2D eigenvalue weighted by atomic mass is 19.4. The van der Waals surface area contributed by atoms with Crippen LogP contribution in [0.2, 0.25) is 0 Å². The van der Waals surface area contributed by atoms with E-state index < -0.39 is 12.1 Å². The first kappa shape index (κ1) is 25.0. The summed E-state index contributed by atoms with van der Waals surface area (Å²) < 4.78 is 34.0. The molecule has 9 heteroatoms. The molecule has 0 saturated carbocycles. The van der Waals surface area contributed by atoms with Crippen molar-refractivity contribution in [2.75, 3.05) is 13.6 Å². The summed E-state index contributed by atoms with van der Waals surface area (Å²) in [6.45, 7) is 4.02. The molecular weight excluding hydrogens is 447 g/mol. The van der Waals surface area contributed by atoms with E-state index in [0.29, 0.717) is 6.54 Å². The van der Waals surface area contributed by atoms with E-state index in [-0.39, 0.29) is 5.91 Å². The molecule has 0 radical (unpaired) electrons. The van der Waals surface area contributed by atoms with Gasteiger partial charge < -0.3 is 14.6 Å². The number of fused-ring (bicyclic) bond motifs is 1. The normalized spacial score (nSPS) is 13.1. The number of hydrogen-bond donors (Lipinski definition) is 1. The second-order valence-electron chi connectivity index (χ2n) is 8.08. The molecule has 1 N–H and O–H groups in total. The van der Waals surface area contributed by atoms with Crippen molar-refractivity contribution >= 4 is 11.9 Å². The van der Waals surface area contributed by atoms with Crippen molar-refractivity contribution in [1.29, 1.82) is 0 Å². The van der Waals surface area contributed by atoms with Gasteiger partial charge in [0.15, 0.2) is 0 Å².